The average molecular weight is 349 g/mol. The van der Waals surface area contributed by atoms with Gasteiger partial charge in [-0.2, -0.15) is 0 Å². The number of nitrogens with one attached hydrogen (secondary N) is 1. The van der Waals surface area contributed by atoms with Gasteiger partial charge in [0.15, 0.2) is 11.6 Å². The molecule has 1 aliphatic rings. The molecule has 1 atom stereocenters. The number of Topliss-reactive ketones (excluding diaryl/α,β-unsaturated/α-hetero) is 1. The standard InChI is InChI=1S/C21H20FN3O/c1-13-4-3-5-16(10-13)23-21-20-18(11-14(2)12-19(20)26)25(24-21)17-8-6-15(22)7-9-17/h3-10,14H,11-12H2,1-2H3,(H,23,24). The first kappa shape index (κ1) is 16.5. The number of hydrogen-bond donors (Lipinski definition) is 1. The lowest BCUT2D eigenvalue weighted by Crippen LogP contribution is -2.19. The summed E-state index contributed by atoms with van der Waals surface area (Å²) in [5.41, 5.74) is 4.30. The number of rotatable bonds is 3. The van der Waals surface area contributed by atoms with Crippen molar-refractivity contribution in [3.63, 3.8) is 0 Å². The predicted molar refractivity (Wildman–Crippen MR) is 99.8 cm³/mol. The number of hydrogen-bond acceptors (Lipinski definition) is 3. The lowest BCUT2D eigenvalue weighted by molar-refractivity contribution is 0.0953. The zero-order valence-electron chi connectivity index (χ0n) is 14.8. The number of aryl methyl sites for hydroxylation is 1. The number of nitrogens with zero attached hydrogens (tertiary/aromatic N) is 2. The van der Waals surface area contributed by atoms with E-state index in [2.05, 4.69) is 17.3 Å². The highest BCUT2D eigenvalue weighted by atomic mass is 19.1. The van der Waals surface area contributed by atoms with Crippen LogP contribution in [0.1, 0.15) is 35.0 Å². The maximum absolute atomic E-state index is 13.3. The summed E-state index contributed by atoms with van der Waals surface area (Å²) in [6.45, 7) is 4.08. The summed E-state index contributed by atoms with van der Waals surface area (Å²) in [4.78, 5) is 12.7. The quantitative estimate of drug-likeness (QED) is 0.737. The average Bonchev–Trinajstić information content (AvgIpc) is 2.94. The number of carbonyl (C=O) groups is 1. The molecular formula is C21H20FN3O. The molecule has 1 unspecified atom stereocenters. The summed E-state index contributed by atoms with van der Waals surface area (Å²) in [7, 11) is 0. The van der Waals surface area contributed by atoms with Crippen LogP contribution < -0.4 is 5.32 Å². The van der Waals surface area contributed by atoms with Crippen molar-refractivity contribution in [2.24, 2.45) is 5.92 Å². The van der Waals surface area contributed by atoms with Gasteiger partial charge in [-0.05, 0) is 61.2 Å². The molecule has 1 heterocycles. The van der Waals surface area contributed by atoms with Gasteiger partial charge < -0.3 is 5.32 Å². The molecule has 0 spiro atoms. The molecule has 2 aromatic carbocycles. The number of carbonyl (C=O) groups excluding carboxylic acids is 1. The van der Waals surface area contributed by atoms with Crippen LogP contribution in [0.25, 0.3) is 5.69 Å². The van der Waals surface area contributed by atoms with Gasteiger partial charge in [0.05, 0.1) is 16.9 Å². The van der Waals surface area contributed by atoms with Crippen molar-refractivity contribution in [3.05, 3.63) is 71.2 Å². The second-order valence-electron chi connectivity index (χ2n) is 6.99. The van der Waals surface area contributed by atoms with Gasteiger partial charge in [0.25, 0.3) is 0 Å². The van der Waals surface area contributed by atoms with E-state index >= 15 is 0 Å². The first-order valence-corrected chi connectivity index (χ1v) is 8.76. The van der Waals surface area contributed by atoms with Crippen molar-refractivity contribution < 1.29 is 9.18 Å². The van der Waals surface area contributed by atoms with E-state index in [-0.39, 0.29) is 17.5 Å². The molecule has 4 rings (SSSR count). The van der Waals surface area contributed by atoms with Crippen LogP contribution >= 0.6 is 0 Å². The van der Waals surface area contributed by atoms with Gasteiger partial charge in [-0.1, -0.05) is 19.1 Å². The maximum Gasteiger partial charge on any atom is 0.168 e. The van der Waals surface area contributed by atoms with Crippen molar-refractivity contribution >= 4 is 17.3 Å². The van der Waals surface area contributed by atoms with Gasteiger partial charge >= 0.3 is 0 Å². The van der Waals surface area contributed by atoms with Gasteiger partial charge in [-0.3, -0.25) is 4.79 Å². The van der Waals surface area contributed by atoms with Gasteiger partial charge in [0, 0.05) is 12.1 Å². The molecule has 0 aliphatic heterocycles. The molecule has 1 aliphatic carbocycles. The van der Waals surface area contributed by atoms with E-state index < -0.39 is 0 Å². The molecule has 5 heteroatoms. The van der Waals surface area contributed by atoms with Crippen LogP contribution in [-0.2, 0) is 6.42 Å². The van der Waals surface area contributed by atoms with Crippen LogP contribution in [0.4, 0.5) is 15.9 Å². The molecule has 0 amide bonds. The predicted octanol–water partition coefficient (Wildman–Crippen LogP) is 4.83. The minimum Gasteiger partial charge on any atom is -0.338 e. The second-order valence-corrected chi connectivity index (χ2v) is 6.99. The molecule has 26 heavy (non-hydrogen) atoms. The molecule has 0 fully saturated rings. The number of fused-ring (bicyclic) bond motifs is 1. The number of halogens is 1. The van der Waals surface area contributed by atoms with Gasteiger partial charge in [-0.25, -0.2) is 9.07 Å². The third-order valence-corrected chi connectivity index (χ3v) is 4.69. The Balaban J connectivity index is 1.83. The van der Waals surface area contributed by atoms with Crippen molar-refractivity contribution in [1.29, 1.82) is 0 Å². The Kier molecular flexibility index (Phi) is 4.07. The number of benzene rings is 2. The van der Waals surface area contributed by atoms with Gasteiger partial charge in [0.2, 0.25) is 0 Å². The minimum absolute atomic E-state index is 0.0993. The molecule has 4 nitrogen and oxygen atoms in total. The largest absolute Gasteiger partial charge is 0.338 e. The summed E-state index contributed by atoms with van der Waals surface area (Å²) in [5, 5.41) is 7.96. The van der Waals surface area contributed by atoms with Crippen LogP contribution in [0.5, 0.6) is 0 Å². The van der Waals surface area contributed by atoms with Crippen LogP contribution in [0.2, 0.25) is 0 Å². The van der Waals surface area contributed by atoms with Crippen LogP contribution in [0, 0.1) is 18.7 Å². The fourth-order valence-corrected chi connectivity index (χ4v) is 3.50. The fraction of sp³-hybridized carbons (Fsp3) is 0.238. The fourth-order valence-electron chi connectivity index (χ4n) is 3.50. The van der Waals surface area contributed by atoms with Crippen LogP contribution in [0.3, 0.4) is 0 Å². The summed E-state index contributed by atoms with van der Waals surface area (Å²) in [6, 6.07) is 14.1. The highest BCUT2D eigenvalue weighted by molar-refractivity contribution is 6.03. The lowest BCUT2D eigenvalue weighted by atomic mass is 9.87. The molecule has 3 aromatic rings. The molecule has 0 bridgehead atoms. The monoisotopic (exact) mass is 349 g/mol. The number of aromatic nitrogens is 2. The maximum atomic E-state index is 13.3. The lowest BCUT2D eigenvalue weighted by Gasteiger charge is -2.19. The van der Waals surface area contributed by atoms with Crippen molar-refractivity contribution in [2.75, 3.05) is 5.32 Å². The van der Waals surface area contributed by atoms with Crippen LogP contribution in [0.15, 0.2) is 48.5 Å². The molecule has 1 N–H and O–H groups in total. The third-order valence-electron chi connectivity index (χ3n) is 4.69. The van der Waals surface area contributed by atoms with E-state index in [0.29, 0.717) is 17.8 Å². The molecule has 132 valence electrons. The van der Waals surface area contributed by atoms with Gasteiger partial charge in [0.1, 0.15) is 5.82 Å². The summed E-state index contributed by atoms with van der Waals surface area (Å²) in [5.74, 6) is 0.629. The molecular weight excluding hydrogens is 329 g/mol. The van der Waals surface area contributed by atoms with Crippen molar-refractivity contribution in [1.82, 2.24) is 9.78 Å². The summed E-state index contributed by atoms with van der Waals surface area (Å²) >= 11 is 0. The Labute approximate surface area is 151 Å². The smallest absolute Gasteiger partial charge is 0.168 e. The summed E-state index contributed by atoms with van der Waals surface area (Å²) < 4.78 is 15.1. The highest BCUT2D eigenvalue weighted by Gasteiger charge is 2.31. The van der Waals surface area contributed by atoms with E-state index in [1.165, 1.54) is 12.1 Å². The topological polar surface area (TPSA) is 46.9 Å². The minimum atomic E-state index is -0.294. The Bertz CT molecular complexity index is 975. The van der Waals surface area contributed by atoms with E-state index in [4.69, 9.17) is 0 Å². The Morgan fingerprint density at radius 3 is 2.65 bits per heavy atom. The SMILES string of the molecule is Cc1cccc(Nc2nn(-c3ccc(F)cc3)c3c2C(=O)CC(C)C3)c1. The summed E-state index contributed by atoms with van der Waals surface area (Å²) in [6.07, 6.45) is 1.28. The zero-order chi connectivity index (χ0) is 18.3. The number of ketones is 1. The molecule has 0 radical (unpaired) electrons. The van der Waals surface area contributed by atoms with Crippen molar-refractivity contribution in [3.8, 4) is 5.69 Å². The van der Waals surface area contributed by atoms with Gasteiger partial charge in [-0.15, -0.1) is 5.10 Å². The highest BCUT2D eigenvalue weighted by Crippen LogP contribution is 2.33. The molecule has 1 aromatic heterocycles. The second kappa shape index (κ2) is 6.41. The van der Waals surface area contributed by atoms with E-state index in [1.54, 1.807) is 16.8 Å². The molecule has 0 saturated carbocycles. The van der Waals surface area contributed by atoms with Crippen molar-refractivity contribution in [2.45, 2.75) is 26.7 Å². The zero-order valence-corrected chi connectivity index (χ0v) is 14.8. The third kappa shape index (κ3) is 3.01. The normalized spacial score (nSPS) is 16.4. The van der Waals surface area contributed by atoms with Crippen LogP contribution in [-0.4, -0.2) is 15.6 Å². The van der Waals surface area contributed by atoms with E-state index in [1.807, 2.05) is 31.2 Å². The Morgan fingerprint density at radius 2 is 1.92 bits per heavy atom. The molecule has 0 saturated heterocycles. The Hall–Kier alpha value is -2.95. The Morgan fingerprint density at radius 1 is 1.15 bits per heavy atom. The first-order valence-electron chi connectivity index (χ1n) is 8.76. The van der Waals surface area contributed by atoms with E-state index in [0.717, 1.165) is 29.1 Å². The first-order chi connectivity index (χ1) is 12.5. The number of anilines is 2. The van der Waals surface area contributed by atoms with E-state index in [9.17, 15) is 9.18 Å².